The Kier molecular flexibility index (Phi) is 5.72. The lowest BCUT2D eigenvalue weighted by molar-refractivity contribution is -0.137. The first kappa shape index (κ1) is 18.1. The SMILES string of the molecule is CN(Cc1ccc(C(F)(F)F)cc1)C(=O)NCc1cccc(Cl)c1. The molecule has 0 heterocycles. The third kappa shape index (κ3) is 5.16. The van der Waals surface area contributed by atoms with E-state index in [2.05, 4.69) is 5.32 Å². The van der Waals surface area contributed by atoms with Crippen molar-refractivity contribution in [1.82, 2.24) is 10.2 Å². The largest absolute Gasteiger partial charge is 0.416 e. The van der Waals surface area contributed by atoms with Crippen molar-refractivity contribution >= 4 is 17.6 Å². The Morgan fingerprint density at radius 1 is 1.12 bits per heavy atom. The lowest BCUT2D eigenvalue weighted by Gasteiger charge is -2.18. The zero-order valence-corrected chi connectivity index (χ0v) is 13.7. The van der Waals surface area contributed by atoms with Gasteiger partial charge in [0.1, 0.15) is 0 Å². The van der Waals surface area contributed by atoms with Gasteiger partial charge in [-0.25, -0.2) is 4.79 Å². The average Bonchev–Trinajstić information content (AvgIpc) is 2.52. The second kappa shape index (κ2) is 7.57. The van der Waals surface area contributed by atoms with E-state index in [1.807, 2.05) is 6.07 Å². The third-order valence-electron chi connectivity index (χ3n) is 3.38. The maximum absolute atomic E-state index is 12.5. The number of urea groups is 1. The van der Waals surface area contributed by atoms with E-state index in [0.717, 1.165) is 17.7 Å². The first-order valence-electron chi connectivity index (χ1n) is 7.15. The highest BCUT2D eigenvalue weighted by Crippen LogP contribution is 2.29. The maximum Gasteiger partial charge on any atom is 0.416 e. The summed E-state index contributed by atoms with van der Waals surface area (Å²) >= 11 is 5.87. The number of carbonyl (C=O) groups excluding carboxylic acids is 1. The molecular weight excluding hydrogens is 341 g/mol. The smallest absolute Gasteiger partial charge is 0.334 e. The van der Waals surface area contributed by atoms with Crippen LogP contribution in [0.15, 0.2) is 48.5 Å². The van der Waals surface area contributed by atoms with Crippen molar-refractivity contribution in [3.63, 3.8) is 0 Å². The molecule has 128 valence electrons. The second-order valence-corrected chi connectivity index (χ2v) is 5.78. The van der Waals surface area contributed by atoms with Crippen LogP contribution in [0.3, 0.4) is 0 Å². The topological polar surface area (TPSA) is 32.3 Å². The highest BCUT2D eigenvalue weighted by molar-refractivity contribution is 6.30. The van der Waals surface area contributed by atoms with Crippen molar-refractivity contribution in [3.8, 4) is 0 Å². The number of nitrogens with zero attached hydrogens (tertiary/aromatic N) is 1. The van der Waals surface area contributed by atoms with Crippen LogP contribution < -0.4 is 5.32 Å². The van der Waals surface area contributed by atoms with Crippen LogP contribution in [0, 0.1) is 0 Å². The number of carbonyl (C=O) groups is 1. The van der Waals surface area contributed by atoms with E-state index in [4.69, 9.17) is 11.6 Å². The molecule has 0 unspecified atom stereocenters. The number of halogens is 4. The van der Waals surface area contributed by atoms with Crippen molar-refractivity contribution in [1.29, 1.82) is 0 Å². The van der Waals surface area contributed by atoms with Crippen LogP contribution in [-0.2, 0) is 19.3 Å². The van der Waals surface area contributed by atoms with E-state index in [9.17, 15) is 18.0 Å². The fraction of sp³-hybridized carbons (Fsp3) is 0.235. The Balaban J connectivity index is 1.89. The number of hydrogen-bond acceptors (Lipinski definition) is 1. The Labute approximate surface area is 143 Å². The highest BCUT2D eigenvalue weighted by atomic mass is 35.5. The molecule has 1 N–H and O–H groups in total. The number of alkyl halides is 3. The Morgan fingerprint density at radius 3 is 2.38 bits per heavy atom. The third-order valence-corrected chi connectivity index (χ3v) is 3.62. The van der Waals surface area contributed by atoms with Gasteiger partial charge < -0.3 is 10.2 Å². The van der Waals surface area contributed by atoms with Crippen molar-refractivity contribution in [3.05, 3.63) is 70.2 Å². The molecule has 2 rings (SSSR count). The fourth-order valence-corrected chi connectivity index (χ4v) is 2.32. The van der Waals surface area contributed by atoms with Crippen LogP contribution >= 0.6 is 11.6 Å². The summed E-state index contributed by atoms with van der Waals surface area (Å²) in [5, 5.41) is 3.31. The molecule has 7 heteroatoms. The van der Waals surface area contributed by atoms with Gasteiger partial charge in [-0.15, -0.1) is 0 Å². The molecule has 0 radical (unpaired) electrons. The Morgan fingerprint density at radius 2 is 1.79 bits per heavy atom. The van der Waals surface area contributed by atoms with Gasteiger partial charge >= 0.3 is 12.2 Å². The summed E-state index contributed by atoms with van der Waals surface area (Å²) in [4.78, 5) is 13.4. The molecule has 0 aromatic heterocycles. The van der Waals surface area contributed by atoms with Crippen molar-refractivity contribution in [2.75, 3.05) is 7.05 Å². The molecule has 24 heavy (non-hydrogen) atoms. The number of benzene rings is 2. The zero-order chi connectivity index (χ0) is 17.7. The number of amides is 2. The van der Waals surface area contributed by atoms with E-state index < -0.39 is 11.7 Å². The molecule has 0 spiro atoms. The van der Waals surface area contributed by atoms with E-state index in [1.54, 1.807) is 25.2 Å². The standard InChI is InChI=1S/C17H16ClF3N2O/c1-23(11-12-5-7-14(8-6-12)17(19,20)21)16(24)22-10-13-3-2-4-15(18)9-13/h2-9H,10-11H2,1H3,(H,22,24). The molecule has 2 amide bonds. The summed E-state index contributed by atoms with van der Waals surface area (Å²) in [5.41, 5.74) is 0.765. The predicted molar refractivity (Wildman–Crippen MR) is 86.6 cm³/mol. The molecule has 0 fully saturated rings. The normalized spacial score (nSPS) is 11.2. The van der Waals surface area contributed by atoms with Gasteiger partial charge in [0, 0.05) is 25.2 Å². The number of rotatable bonds is 4. The highest BCUT2D eigenvalue weighted by Gasteiger charge is 2.29. The Bertz CT molecular complexity index is 702. The summed E-state index contributed by atoms with van der Waals surface area (Å²) in [5.74, 6) is 0. The molecule has 2 aromatic rings. The summed E-state index contributed by atoms with van der Waals surface area (Å²) in [7, 11) is 1.57. The minimum absolute atomic E-state index is 0.208. The van der Waals surface area contributed by atoms with Crippen molar-refractivity contribution < 1.29 is 18.0 Å². The summed E-state index contributed by atoms with van der Waals surface area (Å²) in [6.07, 6.45) is -4.36. The van der Waals surface area contributed by atoms with Gasteiger partial charge in [-0.05, 0) is 35.4 Å². The van der Waals surface area contributed by atoms with Gasteiger partial charge in [-0.2, -0.15) is 13.2 Å². The molecule has 0 saturated carbocycles. The van der Waals surface area contributed by atoms with Gasteiger partial charge in [0.05, 0.1) is 5.56 Å². The molecule has 0 atom stereocenters. The molecule has 2 aromatic carbocycles. The minimum atomic E-state index is -4.36. The summed E-state index contributed by atoms with van der Waals surface area (Å²) < 4.78 is 37.5. The lowest BCUT2D eigenvalue weighted by atomic mass is 10.1. The van der Waals surface area contributed by atoms with Gasteiger partial charge in [-0.3, -0.25) is 0 Å². The molecule has 0 bridgehead atoms. The van der Waals surface area contributed by atoms with Crippen LogP contribution in [0.1, 0.15) is 16.7 Å². The average molecular weight is 357 g/mol. The van der Waals surface area contributed by atoms with Crippen molar-refractivity contribution in [2.45, 2.75) is 19.3 Å². The van der Waals surface area contributed by atoms with Crippen LogP contribution in [0.25, 0.3) is 0 Å². The summed E-state index contributed by atoms with van der Waals surface area (Å²) in [6.45, 7) is 0.524. The van der Waals surface area contributed by atoms with Gasteiger partial charge in [0.25, 0.3) is 0 Å². The number of hydrogen-bond donors (Lipinski definition) is 1. The quantitative estimate of drug-likeness (QED) is 0.846. The first-order valence-corrected chi connectivity index (χ1v) is 7.53. The summed E-state index contributed by atoms with van der Waals surface area (Å²) in [6, 6.07) is 11.5. The van der Waals surface area contributed by atoms with Gasteiger partial charge in [-0.1, -0.05) is 35.9 Å². The monoisotopic (exact) mass is 356 g/mol. The number of nitrogens with one attached hydrogen (secondary N) is 1. The maximum atomic E-state index is 12.5. The predicted octanol–water partition coefficient (Wildman–Crippen LogP) is 4.70. The minimum Gasteiger partial charge on any atom is -0.334 e. The van der Waals surface area contributed by atoms with E-state index >= 15 is 0 Å². The van der Waals surface area contributed by atoms with Crippen LogP contribution in [0.4, 0.5) is 18.0 Å². The molecule has 0 aliphatic rings. The van der Waals surface area contributed by atoms with Crippen LogP contribution in [-0.4, -0.2) is 18.0 Å². The molecule has 0 aliphatic carbocycles. The molecule has 0 aliphatic heterocycles. The molecular formula is C17H16ClF3N2O. The van der Waals surface area contributed by atoms with E-state index in [1.165, 1.54) is 17.0 Å². The Hall–Kier alpha value is -2.21. The lowest BCUT2D eigenvalue weighted by Crippen LogP contribution is -2.36. The fourth-order valence-electron chi connectivity index (χ4n) is 2.10. The van der Waals surface area contributed by atoms with E-state index in [0.29, 0.717) is 17.1 Å². The van der Waals surface area contributed by atoms with E-state index in [-0.39, 0.29) is 12.6 Å². The van der Waals surface area contributed by atoms with Gasteiger partial charge in [0.2, 0.25) is 0 Å². The molecule has 3 nitrogen and oxygen atoms in total. The van der Waals surface area contributed by atoms with Crippen LogP contribution in [0.2, 0.25) is 5.02 Å². The molecule has 0 saturated heterocycles. The van der Waals surface area contributed by atoms with Crippen molar-refractivity contribution in [2.24, 2.45) is 0 Å². The second-order valence-electron chi connectivity index (χ2n) is 5.34. The zero-order valence-electron chi connectivity index (χ0n) is 12.9. The first-order chi connectivity index (χ1) is 11.3. The van der Waals surface area contributed by atoms with Gasteiger partial charge in [0.15, 0.2) is 0 Å². The van der Waals surface area contributed by atoms with Crippen LogP contribution in [0.5, 0.6) is 0 Å².